The number of aromatic nitrogens is 5. The molecule has 0 aliphatic carbocycles. The lowest BCUT2D eigenvalue weighted by atomic mass is 10.3. The molecule has 0 aliphatic heterocycles. The van der Waals surface area contributed by atoms with Crippen LogP contribution in [0.5, 0.6) is 5.75 Å². The molecule has 1 aromatic carbocycles. The molecule has 0 unspecified atom stereocenters. The molecular formula is C15H18N6O3S. The predicted octanol–water partition coefficient (Wildman–Crippen LogP) is 0.828. The van der Waals surface area contributed by atoms with E-state index in [1.807, 2.05) is 18.0 Å². The third-order valence-electron chi connectivity index (χ3n) is 3.61. The van der Waals surface area contributed by atoms with Crippen LogP contribution in [0.2, 0.25) is 0 Å². The van der Waals surface area contributed by atoms with Crippen LogP contribution in [0.4, 0.5) is 5.82 Å². The number of nitrogens with zero attached hydrogens (tertiary/aromatic N) is 6. The summed E-state index contributed by atoms with van der Waals surface area (Å²) in [5, 5.41) is 15.5. The summed E-state index contributed by atoms with van der Waals surface area (Å²) in [6.45, 7) is 1.25. The Balaban J connectivity index is 1.49. The molecule has 0 saturated heterocycles. The molecule has 0 aliphatic rings. The summed E-state index contributed by atoms with van der Waals surface area (Å²) in [7, 11) is -1.25. The van der Waals surface area contributed by atoms with E-state index < -0.39 is 9.84 Å². The van der Waals surface area contributed by atoms with Gasteiger partial charge >= 0.3 is 0 Å². The van der Waals surface area contributed by atoms with Crippen molar-refractivity contribution in [3.63, 3.8) is 0 Å². The van der Waals surface area contributed by atoms with E-state index in [0.29, 0.717) is 18.0 Å². The van der Waals surface area contributed by atoms with Gasteiger partial charge in [-0.05, 0) is 53.2 Å². The molecule has 3 aromatic rings. The fraction of sp³-hybridized carbons (Fsp3) is 0.333. The maximum Gasteiger partial charge on any atom is 0.200 e. The predicted molar refractivity (Wildman–Crippen MR) is 91.5 cm³/mol. The summed E-state index contributed by atoms with van der Waals surface area (Å²) >= 11 is 0. The summed E-state index contributed by atoms with van der Waals surface area (Å²) in [5.74, 6) is 1.40. The van der Waals surface area contributed by atoms with Crippen LogP contribution in [0.15, 0.2) is 41.3 Å². The first-order valence-electron chi connectivity index (χ1n) is 7.63. The van der Waals surface area contributed by atoms with Gasteiger partial charge < -0.3 is 9.64 Å². The van der Waals surface area contributed by atoms with Gasteiger partial charge in [0.15, 0.2) is 21.3 Å². The topological polar surface area (TPSA) is 103 Å². The van der Waals surface area contributed by atoms with Crippen LogP contribution in [0.3, 0.4) is 0 Å². The average molecular weight is 362 g/mol. The number of ether oxygens (including phenoxy) is 1. The van der Waals surface area contributed by atoms with Crippen molar-refractivity contribution in [3.8, 4) is 5.75 Å². The monoisotopic (exact) mass is 362 g/mol. The van der Waals surface area contributed by atoms with E-state index in [4.69, 9.17) is 4.74 Å². The van der Waals surface area contributed by atoms with Crippen LogP contribution in [0.1, 0.15) is 6.42 Å². The quantitative estimate of drug-likeness (QED) is 0.570. The molecule has 2 aromatic heterocycles. The van der Waals surface area contributed by atoms with E-state index in [1.54, 1.807) is 30.3 Å². The third kappa shape index (κ3) is 4.21. The molecule has 0 N–H and O–H groups in total. The Bertz CT molecular complexity index is 955. The molecule has 132 valence electrons. The number of hydrogen-bond donors (Lipinski definition) is 0. The van der Waals surface area contributed by atoms with Crippen LogP contribution < -0.4 is 9.64 Å². The normalized spacial score (nSPS) is 11.6. The first kappa shape index (κ1) is 17.1. The first-order valence-corrected chi connectivity index (χ1v) is 9.52. The van der Waals surface area contributed by atoms with E-state index >= 15 is 0 Å². The van der Waals surface area contributed by atoms with E-state index in [2.05, 4.69) is 20.6 Å². The van der Waals surface area contributed by atoms with Crippen molar-refractivity contribution in [1.29, 1.82) is 0 Å². The second kappa shape index (κ2) is 7.01. The summed E-state index contributed by atoms with van der Waals surface area (Å²) in [5.41, 5.74) is 0.595. The summed E-state index contributed by atoms with van der Waals surface area (Å²) < 4.78 is 29.8. The Morgan fingerprint density at radius 3 is 2.64 bits per heavy atom. The highest BCUT2D eigenvalue weighted by molar-refractivity contribution is 7.90. The molecule has 2 heterocycles. The lowest BCUT2D eigenvalue weighted by Gasteiger charge is -2.17. The lowest BCUT2D eigenvalue weighted by Crippen LogP contribution is -2.22. The SMILES string of the molecule is CN(CCCOc1ccc(S(C)(=O)=O)cc1)c1ccc2nnnn2n1. The number of tetrazole rings is 1. The number of benzene rings is 1. The van der Waals surface area contributed by atoms with E-state index in [1.165, 1.54) is 10.9 Å². The van der Waals surface area contributed by atoms with Gasteiger partial charge in [0, 0.05) is 19.8 Å². The van der Waals surface area contributed by atoms with Gasteiger partial charge in [-0.2, -0.15) is 0 Å². The Kier molecular flexibility index (Phi) is 4.79. The van der Waals surface area contributed by atoms with Crippen molar-refractivity contribution in [2.45, 2.75) is 11.3 Å². The van der Waals surface area contributed by atoms with Crippen LogP contribution in [-0.4, -0.2) is 60.1 Å². The van der Waals surface area contributed by atoms with Gasteiger partial charge in [0.25, 0.3) is 0 Å². The Labute approximate surface area is 145 Å². The Morgan fingerprint density at radius 1 is 1.16 bits per heavy atom. The second-order valence-corrected chi connectivity index (χ2v) is 7.60. The molecule has 0 fully saturated rings. The van der Waals surface area contributed by atoms with Gasteiger partial charge in [0.2, 0.25) is 0 Å². The highest BCUT2D eigenvalue weighted by Crippen LogP contribution is 2.16. The van der Waals surface area contributed by atoms with Crippen LogP contribution in [0, 0.1) is 0 Å². The lowest BCUT2D eigenvalue weighted by molar-refractivity contribution is 0.312. The van der Waals surface area contributed by atoms with Gasteiger partial charge in [0.05, 0.1) is 11.5 Å². The highest BCUT2D eigenvalue weighted by atomic mass is 32.2. The molecule has 25 heavy (non-hydrogen) atoms. The molecule has 0 atom stereocenters. The summed E-state index contributed by atoms with van der Waals surface area (Å²) in [6, 6.07) is 10.1. The molecule has 9 nitrogen and oxygen atoms in total. The van der Waals surface area contributed by atoms with Gasteiger partial charge in [0.1, 0.15) is 5.75 Å². The molecule has 0 saturated carbocycles. The zero-order chi connectivity index (χ0) is 17.9. The summed E-state index contributed by atoms with van der Waals surface area (Å²) in [4.78, 5) is 2.26. The molecule has 3 rings (SSSR count). The molecule has 0 amide bonds. The smallest absolute Gasteiger partial charge is 0.200 e. The largest absolute Gasteiger partial charge is 0.494 e. The summed E-state index contributed by atoms with van der Waals surface area (Å²) in [6.07, 6.45) is 1.96. The second-order valence-electron chi connectivity index (χ2n) is 5.59. The maximum atomic E-state index is 11.4. The molecule has 0 bridgehead atoms. The number of hydrogen-bond acceptors (Lipinski definition) is 8. The average Bonchev–Trinajstić information content (AvgIpc) is 3.06. The van der Waals surface area contributed by atoms with Gasteiger partial charge in [-0.1, -0.05) is 0 Å². The fourth-order valence-electron chi connectivity index (χ4n) is 2.23. The van der Waals surface area contributed by atoms with Crippen molar-refractivity contribution in [1.82, 2.24) is 25.3 Å². The minimum absolute atomic E-state index is 0.281. The number of rotatable bonds is 7. The van der Waals surface area contributed by atoms with E-state index in [-0.39, 0.29) is 4.90 Å². The van der Waals surface area contributed by atoms with Gasteiger partial charge in [-0.3, -0.25) is 0 Å². The number of anilines is 1. The van der Waals surface area contributed by atoms with Crippen molar-refractivity contribution >= 4 is 21.3 Å². The number of sulfone groups is 1. The maximum absolute atomic E-state index is 11.4. The molecule has 0 spiro atoms. The Hall–Kier alpha value is -2.75. The van der Waals surface area contributed by atoms with Crippen molar-refractivity contribution in [3.05, 3.63) is 36.4 Å². The number of fused-ring (bicyclic) bond motifs is 1. The van der Waals surface area contributed by atoms with Gasteiger partial charge in [-0.15, -0.1) is 14.8 Å². The fourth-order valence-corrected chi connectivity index (χ4v) is 2.86. The zero-order valence-electron chi connectivity index (χ0n) is 13.9. The Morgan fingerprint density at radius 2 is 1.92 bits per heavy atom. The van der Waals surface area contributed by atoms with Crippen LogP contribution in [-0.2, 0) is 9.84 Å². The molecule has 0 radical (unpaired) electrons. The minimum atomic E-state index is -3.18. The van der Waals surface area contributed by atoms with Crippen molar-refractivity contribution in [2.75, 3.05) is 31.4 Å². The van der Waals surface area contributed by atoms with E-state index in [9.17, 15) is 8.42 Å². The zero-order valence-corrected chi connectivity index (χ0v) is 14.7. The van der Waals surface area contributed by atoms with Gasteiger partial charge in [-0.25, -0.2) is 8.42 Å². The van der Waals surface area contributed by atoms with E-state index in [0.717, 1.165) is 18.8 Å². The van der Waals surface area contributed by atoms with Crippen molar-refractivity contribution in [2.24, 2.45) is 0 Å². The standard InChI is InChI=1S/C15H18N6O3S/c1-20(15-9-8-14-16-18-19-21(14)17-15)10-3-11-24-12-4-6-13(7-5-12)25(2,22)23/h4-9H,3,10-11H2,1-2H3. The highest BCUT2D eigenvalue weighted by Gasteiger charge is 2.07. The first-order chi connectivity index (χ1) is 11.9. The minimum Gasteiger partial charge on any atom is -0.494 e. The molecule has 10 heteroatoms. The van der Waals surface area contributed by atoms with Crippen molar-refractivity contribution < 1.29 is 13.2 Å². The van der Waals surface area contributed by atoms with Crippen LogP contribution >= 0.6 is 0 Å². The van der Waals surface area contributed by atoms with Crippen LogP contribution in [0.25, 0.3) is 5.65 Å². The molecular weight excluding hydrogens is 344 g/mol. The third-order valence-corrected chi connectivity index (χ3v) is 4.73.